The van der Waals surface area contributed by atoms with Crippen molar-refractivity contribution in [1.82, 2.24) is 14.9 Å². The van der Waals surface area contributed by atoms with Crippen molar-refractivity contribution in [2.45, 2.75) is 31.4 Å². The molecular weight excluding hydrogens is 364 g/mol. The highest BCUT2D eigenvalue weighted by Crippen LogP contribution is 2.36. The molecule has 1 amide bonds. The van der Waals surface area contributed by atoms with Crippen molar-refractivity contribution >= 4 is 5.91 Å². The van der Waals surface area contributed by atoms with E-state index < -0.39 is 36.7 Å². The van der Waals surface area contributed by atoms with E-state index in [-0.39, 0.29) is 17.5 Å². The van der Waals surface area contributed by atoms with Gasteiger partial charge in [-0.05, 0) is 18.1 Å². The minimum Gasteiger partial charge on any atom is -0.296 e. The molecule has 2 atom stereocenters. The molecule has 1 aromatic heterocycles. The number of carbonyl (C=O) groups is 1. The van der Waals surface area contributed by atoms with E-state index in [2.05, 4.69) is 9.97 Å². The first-order valence-electron chi connectivity index (χ1n) is 7.42. The van der Waals surface area contributed by atoms with E-state index >= 15 is 0 Å². The van der Waals surface area contributed by atoms with E-state index in [1.807, 2.05) is 0 Å². The number of hydrogen-bond donors (Lipinski definition) is 0. The lowest BCUT2D eigenvalue weighted by Crippen LogP contribution is -2.47. The van der Waals surface area contributed by atoms with Gasteiger partial charge in [0.2, 0.25) is 12.1 Å². The maximum Gasteiger partial charge on any atom is 0.451 e. The van der Waals surface area contributed by atoms with Gasteiger partial charge in [0.25, 0.3) is 12.3 Å². The second kappa shape index (κ2) is 6.58. The Kier molecular flexibility index (Phi) is 4.59. The average Bonchev–Trinajstić information content (AvgIpc) is 2.60. The number of carbonyl (C=O) groups excluding carboxylic acids is 1. The summed E-state index contributed by atoms with van der Waals surface area (Å²) in [5, 5.41) is 0. The van der Waals surface area contributed by atoms with Gasteiger partial charge < -0.3 is 0 Å². The monoisotopic (exact) mass is 375 g/mol. The quantitative estimate of drug-likeness (QED) is 0.606. The standard InChI is InChI=1S/C16H11F6N3O/c17-12(18)13(19)25-11(5-8-3-1-2-4-10(8)14(25)26)9-6-23-15(24-7-9)16(20,21)22/h1-4,6-7,11-13H,5H2. The summed E-state index contributed by atoms with van der Waals surface area (Å²) in [7, 11) is 0. The zero-order valence-corrected chi connectivity index (χ0v) is 12.9. The summed E-state index contributed by atoms with van der Waals surface area (Å²) < 4.78 is 77.7. The van der Waals surface area contributed by atoms with Crippen LogP contribution in [0.15, 0.2) is 36.7 Å². The lowest BCUT2D eigenvalue weighted by Gasteiger charge is -2.38. The number of nitrogens with zero attached hydrogens (tertiary/aromatic N) is 3. The van der Waals surface area contributed by atoms with Crippen molar-refractivity contribution in [2.24, 2.45) is 0 Å². The fourth-order valence-corrected chi connectivity index (χ4v) is 2.83. The average molecular weight is 375 g/mol. The third-order valence-electron chi connectivity index (χ3n) is 4.02. The van der Waals surface area contributed by atoms with Crippen molar-refractivity contribution in [2.75, 3.05) is 0 Å². The molecule has 0 saturated heterocycles. The predicted octanol–water partition coefficient (Wildman–Crippen LogP) is 3.80. The number of benzene rings is 1. The molecule has 26 heavy (non-hydrogen) atoms. The number of hydrogen-bond acceptors (Lipinski definition) is 3. The molecule has 2 unspecified atom stereocenters. The fraction of sp³-hybridized carbons (Fsp3) is 0.312. The number of aromatic nitrogens is 2. The molecule has 0 spiro atoms. The first-order valence-corrected chi connectivity index (χ1v) is 7.42. The molecule has 2 aromatic rings. The van der Waals surface area contributed by atoms with Gasteiger partial charge in [-0.15, -0.1) is 0 Å². The minimum atomic E-state index is -4.78. The summed E-state index contributed by atoms with van der Waals surface area (Å²) in [4.78, 5) is 19.2. The Labute approximate surface area is 143 Å². The van der Waals surface area contributed by atoms with Crippen molar-refractivity contribution in [3.05, 3.63) is 59.2 Å². The lowest BCUT2D eigenvalue weighted by atomic mass is 9.90. The number of fused-ring (bicyclic) bond motifs is 1. The Bertz CT molecular complexity index is 808. The molecule has 138 valence electrons. The SMILES string of the molecule is O=C1c2ccccc2CC(c2cnc(C(F)(F)F)nc2)N1C(F)C(F)F. The van der Waals surface area contributed by atoms with Crippen LogP contribution in [0, 0.1) is 0 Å². The molecule has 1 aliphatic rings. The summed E-state index contributed by atoms with van der Waals surface area (Å²) in [6.45, 7) is 0. The molecule has 3 rings (SSSR count). The van der Waals surface area contributed by atoms with E-state index in [9.17, 15) is 31.1 Å². The Morgan fingerprint density at radius 2 is 1.69 bits per heavy atom. The van der Waals surface area contributed by atoms with Crippen LogP contribution in [0.2, 0.25) is 0 Å². The van der Waals surface area contributed by atoms with Gasteiger partial charge in [0.1, 0.15) is 0 Å². The van der Waals surface area contributed by atoms with Gasteiger partial charge in [-0.25, -0.2) is 23.1 Å². The summed E-state index contributed by atoms with van der Waals surface area (Å²) in [6.07, 6.45) is -9.67. The van der Waals surface area contributed by atoms with Crippen LogP contribution in [0.25, 0.3) is 0 Å². The second-order valence-corrected chi connectivity index (χ2v) is 5.63. The van der Waals surface area contributed by atoms with Crippen molar-refractivity contribution < 1.29 is 31.1 Å². The molecular formula is C16H11F6N3O. The molecule has 0 bridgehead atoms. The Morgan fingerprint density at radius 3 is 2.27 bits per heavy atom. The topological polar surface area (TPSA) is 46.1 Å². The van der Waals surface area contributed by atoms with Gasteiger partial charge in [0.05, 0.1) is 6.04 Å². The van der Waals surface area contributed by atoms with Crippen LogP contribution in [-0.4, -0.2) is 33.5 Å². The first kappa shape index (κ1) is 18.2. The fourth-order valence-electron chi connectivity index (χ4n) is 2.83. The molecule has 1 aliphatic heterocycles. The van der Waals surface area contributed by atoms with E-state index in [1.54, 1.807) is 12.1 Å². The molecule has 0 radical (unpaired) electrons. The van der Waals surface area contributed by atoms with Gasteiger partial charge in [0.15, 0.2) is 0 Å². The number of alkyl halides is 6. The van der Waals surface area contributed by atoms with Crippen LogP contribution in [0.5, 0.6) is 0 Å². The van der Waals surface area contributed by atoms with Crippen LogP contribution in [0.3, 0.4) is 0 Å². The van der Waals surface area contributed by atoms with Gasteiger partial charge >= 0.3 is 6.18 Å². The van der Waals surface area contributed by atoms with Gasteiger partial charge in [0, 0.05) is 23.5 Å². The maximum absolute atomic E-state index is 14.1. The summed E-state index contributed by atoms with van der Waals surface area (Å²) in [5.41, 5.74) is 0.476. The molecule has 4 nitrogen and oxygen atoms in total. The van der Waals surface area contributed by atoms with Crippen molar-refractivity contribution in [3.63, 3.8) is 0 Å². The lowest BCUT2D eigenvalue weighted by molar-refractivity contribution is -0.145. The minimum absolute atomic E-state index is 0.0518. The molecule has 0 N–H and O–H groups in total. The normalized spacial score (nSPS) is 18.8. The first-order chi connectivity index (χ1) is 12.2. The molecule has 2 heterocycles. The van der Waals surface area contributed by atoms with Crippen LogP contribution in [-0.2, 0) is 12.6 Å². The van der Waals surface area contributed by atoms with E-state index in [0.29, 0.717) is 10.5 Å². The third kappa shape index (κ3) is 3.23. The van der Waals surface area contributed by atoms with Crippen LogP contribution in [0.1, 0.15) is 33.4 Å². The van der Waals surface area contributed by atoms with Gasteiger partial charge in [-0.2, -0.15) is 13.2 Å². The zero-order valence-electron chi connectivity index (χ0n) is 12.9. The maximum atomic E-state index is 14.1. The smallest absolute Gasteiger partial charge is 0.296 e. The van der Waals surface area contributed by atoms with Crippen molar-refractivity contribution in [3.8, 4) is 0 Å². The molecule has 1 aromatic carbocycles. The number of amides is 1. The van der Waals surface area contributed by atoms with Crippen LogP contribution < -0.4 is 0 Å². The van der Waals surface area contributed by atoms with Crippen molar-refractivity contribution in [1.29, 1.82) is 0 Å². The van der Waals surface area contributed by atoms with Crippen LogP contribution in [0.4, 0.5) is 26.3 Å². The third-order valence-corrected chi connectivity index (χ3v) is 4.02. The Balaban J connectivity index is 2.04. The van der Waals surface area contributed by atoms with Gasteiger partial charge in [-0.3, -0.25) is 9.69 Å². The van der Waals surface area contributed by atoms with E-state index in [0.717, 1.165) is 12.4 Å². The summed E-state index contributed by atoms with van der Waals surface area (Å²) in [6, 6.07) is 4.82. The Morgan fingerprint density at radius 1 is 1.08 bits per heavy atom. The summed E-state index contributed by atoms with van der Waals surface area (Å²) >= 11 is 0. The molecule has 0 fully saturated rings. The van der Waals surface area contributed by atoms with Crippen LogP contribution >= 0.6 is 0 Å². The predicted molar refractivity (Wildman–Crippen MR) is 77.0 cm³/mol. The highest BCUT2D eigenvalue weighted by atomic mass is 19.4. The van der Waals surface area contributed by atoms with E-state index in [1.165, 1.54) is 12.1 Å². The van der Waals surface area contributed by atoms with E-state index in [4.69, 9.17) is 0 Å². The van der Waals surface area contributed by atoms with Gasteiger partial charge in [-0.1, -0.05) is 18.2 Å². The largest absolute Gasteiger partial charge is 0.451 e. The number of halogens is 6. The highest BCUT2D eigenvalue weighted by Gasteiger charge is 2.42. The molecule has 0 aliphatic carbocycles. The molecule has 0 saturated carbocycles. The Hall–Kier alpha value is -2.65. The zero-order chi connectivity index (χ0) is 19.1. The molecule has 10 heteroatoms. The number of rotatable bonds is 3. The highest BCUT2D eigenvalue weighted by molar-refractivity contribution is 5.97. The second-order valence-electron chi connectivity index (χ2n) is 5.63. The summed E-state index contributed by atoms with van der Waals surface area (Å²) in [5.74, 6) is -2.38.